The van der Waals surface area contributed by atoms with Gasteiger partial charge in [0.1, 0.15) is 0 Å². The van der Waals surface area contributed by atoms with Gasteiger partial charge in [-0.25, -0.2) is 0 Å². The number of hydrogen-bond donors (Lipinski definition) is 6. The molecule has 0 saturated heterocycles. The summed E-state index contributed by atoms with van der Waals surface area (Å²) in [6.07, 6.45) is -1.78. The fourth-order valence-electron chi connectivity index (χ4n) is 0.814. The summed E-state index contributed by atoms with van der Waals surface area (Å²) in [6.45, 7) is 0. The molecule has 0 aromatic carbocycles. The predicted molar refractivity (Wildman–Crippen MR) is 83.0 cm³/mol. The smallest absolute Gasteiger partial charge is 0.548 e. The van der Waals surface area contributed by atoms with Crippen molar-refractivity contribution in [2.75, 3.05) is 0 Å². The minimum atomic E-state index is -1.54. The molecule has 0 rings (SSSR count). The van der Waals surface area contributed by atoms with Crippen molar-refractivity contribution < 1.29 is 76.5 Å². The van der Waals surface area contributed by atoms with Crippen molar-refractivity contribution in [1.29, 1.82) is 0 Å². The van der Waals surface area contributed by atoms with Crippen molar-refractivity contribution >= 4 is 48.2 Å². The average Bonchev–Trinajstić information content (AvgIpc) is 2.46. The van der Waals surface area contributed by atoms with Crippen molar-refractivity contribution in [1.82, 2.24) is 0 Å². The van der Waals surface area contributed by atoms with Gasteiger partial charge in [-0.15, -0.1) is 12.4 Å². The van der Waals surface area contributed by atoms with Crippen LogP contribution >= 0.6 is 12.4 Å². The summed E-state index contributed by atoms with van der Waals surface area (Å²) in [5, 5.41) is 53.1. The molecule has 1 radical (unpaired) electrons. The predicted octanol–water partition coefficient (Wildman–Crippen LogP) is -6.97. The first-order valence-electron chi connectivity index (χ1n) is 6.66. The number of aliphatic carboxylic acids is 6. The van der Waals surface area contributed by atoms with Crippen LogP contribution in [0.5, 0.6) is 0 Å². The summed E-state index contributed by atoms with van der Waals surface area (Å²) < 4.78 is 0. The van der Waals surface area contributed by atoms with Gasteiger partial charge in [0.05, 0.1) is 55.3 Å². The second kappa shape index (κ2) is 20.2. The van der Waals surface area contributed by atoms with E-state index in [2.05, 4.69) is 0 Å². The van der Waals surface area contributed by atoms with Gasteiger partial charge in [0, 0.05) is 0 Å². The van der Waals surface area contributed by atoms with Crippen LogP contribution in [0.3, 0.4) is 0 Å². The number of carboxylic acid groups (broad SMARTS) is 6. The van der Waals surface area contributed by atoms with Crippen LogP contribution in [0.4, 0.5) is 0 Å². The van der Waals surface area contributed by atoms with Gasteiger partial charge in [0.15, 0.2) is 0 Å². The van der Waals surface area contributed by atoms with Gasteiger partial charge in [-0.1, -0.05) is 0 Å². The summed E-state index contributed by atoms with van der Waals surface area (Å²) in [5.74, 6) is -8.36. The van der Waals surface area contributed by atoms with Crippen LogP contribution in [0.1, 0.15) is 19.3 Å². The van der Waals surface area contributed by atoms with Gasteiger partial charge in [-0.3, -0.25) is 14.4 Å². The summed E-state index contributed by atoms with van der Waals surface area (Å²) in [7, 11) is 0. The Morgan fingerprint density at radius 3 is 0.759 bits per heavy atom. The van der Waals surface area contributed by atoms with Crippen LogP contribution in [0.25, 0.3) is 0 Å². The van der Waals surface area contributed by atoms with E-state index in [1.165, 1.54) is 0 Å². The second-order valence-corrected chi connectivity index (χ2v) is 4.57. The monoisotopic (exact) mass is 488 g/mol. The molecule has 0 aromatic heterocycles. The molecule has 0 aromatic rings. The number of carbonyl (C=O) groups excluding carboxylic acids is 3. The Hall–Kier alpha value is -2.49. The number of carboxylic acids is 6. The molecule has 0 saturated carbocycles. The maximum absolute atomic E-state index is 9.74. The van der Waals surface area contributed by atoms with Crippen LogP contribution in [0, 0.1) is 0 Å². The largest absolute Gasteiger partial charge is 3.00 e. The van der Waals surface area contributed by atoms with E-state index in [4.69, 9.17) is 32.5 Å². The molecule has 0 aliphatic rings. The Balaban J connectivity index is -0.0000000960. The van der Waals surface area contributed by atoms with E-state index >= 15 is 0 Å². The number of nitrogens with two attached hydrogens (primary N) is 3. The molecule has 29 heavy (non-hydrogen) atoms. The topological polar surface area (TPSA) is 310 Å². The summed E-state index contributed by atoms with van der Waals surface area (Å²) in [4.78, 5) is 58.4. The maximum Gasteiger partial charge on any atom is 3.00 e. The molecule has 0 bridgehead atoms. The molecular formula is C12H19ClFeN3O12. The van der Waals surface area contributed by atoms with Gasteiger partial charge < -0.3 is 62.2 Å². The van der Waals surface area contributed by atoms with E-state index in [0.29, 0.717) is 0 Å². The van der Waals surface area contributed by atoms with Crippen molar-refractivity contribution in [2.45, 2.75) is 37.4 Å². The normalized spacial score (nSPS) is 11.7. The van der Waals surface area contributed by atoms with E-state index in [1.807, 2.05) is 0 Å². The van der Waals surface area contributed by atoms with Gasteiger partial charge in [0.25, 0.3) is 0 Å². The Labute approximate surface area is 179 Å². The third-order valence-electron chi connectivity index (χ3n) is 2.09. The molecule has 0 fully saturated rings. The Morgan fingerprint density at radius 1 is 0.586 bits per heavy atom. The Morgan fingerprint density at radius 2 is 0.724 bits per heavy atom. The van der Waals surface area contributed by atoms with Crippen LogP contribution in [0.15, 0.2) is 0 Å². The molecule has 0 aliphatic carbocycles. The average molecular weight is 489 g/mol. The minimum Gasteiger partial charge on any atom is -0.548 e. The van der Waals surface area contributed by atoms with E-state index in [0.717, 1.165) is 0 Å². The number of halogens is 1. The van der Waals surface area contributed by atoms with E-state index in [1.54, 1.807) is 0 Å². The molecule has 0 heterocycles. The number of hydrogen-bond acceptors (Lipinski definition) is 12. The fraction of sp³-hybridized carbons (Fsp3) is 0.500. The quantitative estimate of drug-likeness (QED) is 0.164. The maximum atomic E-state index is 9.74. The molecular weight excluding hydrogens is 469 g/mol. The Bertz CT molecular complexity index is 486. The van der Waals surface area contributed by atoms with Crippen LogP contribution in [0.2, 0.25) is 0 Å². The van der Waals surface area contributed by atoms with E-state index in [9.17, 15) is 44.1 Å². The van der Waals surface area contributed by atoms with Crippen LogP contribution in [-0.4, -0.2) is 69.3 Å². The third kappa shape index (κ3) is 30.5. The van der Waals surface area contributed by atoms with Crippen LogP contribution < -0.4 is 32.5 Å². The van der Waals surface area contributed by atoms with Gasteiger partial charge in [-0.05, 0) is 0 Å². The molecule has 3 atom stereocenters. The van der Waals surface area contributed by atoms with Crippen molar-refractivity contribution in [3.63, 3.8) is 0 Å². The number of rotatable bonds is 9. The molecule has 169 valence electrons. The molecule has 0 amide bonds. The molecule has 9 N–H and O–H groups in total. The number of carbonyl (C=O) groups is 6. The molecule has 0 spiro atoms. The fourth-order valence-corrected chi connectivity index (χ4v) is 0.814. The zero-order valence-corrected chi connectivity index (χ0v) is 16.3. The van der Waals surface area contributed by atoms with Gasteiger partial charge in [0.2, 0.25) is 0 Å². The molecule has 15 nitrogen and oxygen atoms in total. The summed E-state index contributed by atoms with van der Waals surface area (Å²) >= 11 is 0. The van der Waals surface area contributed by atoms with Gasteiger partial charge in [-0.2, -0.15) is 0 Å². The standard InChI is InChI=1S/3C4H7NO4.ClH.Fe/c3*5-2(4(8)9)1-3(6)7;;/h3*2H,1,5H2,(H,6,7)(H,8,9);1H;/q;;;;+3/p-3/t3*2-;;/m000../s1. The first kappa shape index (κ1) is 37.3. The summed E-state index contributed by atoms with van der Waals surface area (Å²) in [6, 6.07) is -4.20. The first-order chi connectivity index (χ1) is 12.1. The third-order valence-corrected chi connectivity index (χ3v) is 2.09. The zero-order valence-electron chi connectivity index (χ0n) is 14.4. The minimum absolute atomic E-state index is 0. The van der Waals surface area contributed by atoms with Crippen LogP contribution in [-0.2, 0) is 45.8 Å². The zero-order chi connectivity index (χ0) is 22.3. The summed E-state index contributed by atoms with van der Waals surface area (Å²) in [5.41, 5.74) is 14.3. The van der Waals surface area contributed by atoms with Gasteiger partial charge >= 0.3 is 35.0 Å². The molecule has 0 unspecified atom stereocenters. The second-order valence-electron chi connectivity index (χ2n) is 4.57. The van der Waals surface area contributed by atoms with E-state index in [-0.39, 0.29) is 29.5 Å². The van der Waals surface area contributed by atoms with Crippen molar-refractivity contribution in [3.8, 4) is 0 Å². The molecule has 17 heteroatoms. The first-order valence-corrected chi connectivity index (χ1v) is 6.66. The Kier molecular flexibility index (Phi) is 26.0. The van der Waals surface area contributed by atoms with E-state index < -0.39 is 73.2 Å². The van der Waals surface area contributed by atoms with Crippen molar-refractivity contribution in [3.05, 3.63) is 0 Å². The van der Waals surface area contributed by atoms with Crippen molar-refractivity contribution in [2.24, 2.45) is 17.2 Å². The molecule has 0 aliphatic heterocycles. The SMILES string of the molecule is Cl.N[C@@H](CC(=O)O)C(=O)[O-].N[C@@H](CC(=O)O)C(=O)[O-].N[C@@H](CC(=O)O)C(=O)[O-].[Fe+3].